The average molecular weight is 342 g/mol. The fraction of sp³-hybridized carbons (Fsp3) is 0.455. The fourth-order valence-electron chi connectivity index (χ4n) is 1.08. The van der Waals surface area contributed by atoms with Crippen LogP contribution in [0.3, 0.4) is 0 Å². The molecule has 0 aliphatic rings. The Morgan fingerprint density at radius 2 is 2.14 bits per heavy atom. The van der Waals surface area contributed by atoms with Crippen molar-refractivity contribution in [3.05, 3.63) is 23.0 Å². The molecule has 0 aromatic carbocycles. The Balaban J connectivity index is 2.75. The molecule has 0 fully saturated rings. The van der Waals surface area contributed by atoms with Crippen molar-refractivity contribution in [1.29, 1.82) is 0 Å². The molecule has 10 heteroatoms. The fourth-order valence-corrected chi connectivity index (χ4v) is 3.47. The summed E-state index contributed by atoms with van der Waals surface area (Å²) in [6.07, 6.45) is -0.972. The van der Waals surface area contributed by atoms with Crippen LogP contribution in [0.2, 0.25) is 0 Å². The molecule has 0 amide bonds. The number of sulfone groups is 1. The van der Waals surface area contributed by atoms with E-state index in [2.05, 4.69) is 10.1 Å². The minimum Gasteiger partial charge on any atom is -0.393 e. The molecule has 0 atom stereocenters. The molecule has 1 aromatic heterocycles. The van der Waals surface area contributed by atoms with Crippen molar-refractivity contribution in [2.75, 3.05) is 5.75 Å². The Morgan fingerprint density at radius 3 is 2.71 bits per heavy atom. The SMILES string of the molecule is CC(C)ON=Cc1cnc(S(=O)(=O)CCC(F)=C(F)F)s1. The summed E-state index contributed by atoms with van der Waals surface area (Å²) in [5, 5.41) is 3.62. The van der Waals surface area contributed by atoms with E-state index in [-0.39, 0.29) is 10.4 Å². The van der Waals surface area contributed by atoms with Crippen molar-refractivity contribution >= 4 is 27.4 Å². The summed E-state index contributed by atoms with van der Waals surface area (Å²) in [5.41, 5.74) is 0. The van der Waals surface area contributed by atoms with E-state index in [1.165, 1.54) is 12.4 Å². The number of allylic oxidation sites excluding steroid dienone is 1. The van der Waals surface area contributed by atoms with E-state index in [0.29, 0.717) is 4.88 Å². The molecule has 1 heterocycles. The first kappa shape index (κ1) is 17.6. The maximum atomic E-state index is 12.6. The zero-order chi connectivity index (χ0) is 16.0. The molecule has 0 spiro atoms. The van der Waals surface area contributed by atoms with Gasteiger partial charge in [0.15, 0.2) is 5.83 Å². The summed E-state index contributed by atoms with van der Waals surface area (Å²) in [6, 6.07) is 0. The number of halogens is 3. The Morgan fingerprint density at radius 1 is 1.48 bits per heavy atom. The molecular formula is C11H13F3N2O3S2. The number of hydrogen-bond acceptors (Lipinski definition) is 6. The maximum absolute atomic E-state index is 12.6. The first-order valence-corrected chi connectivity index (χ1v) is 8.26. The van der Waals surface area contributed by atoms with Gasteiger partial charge in [0.2, 0.25) is 14.2 Å². The first-order chi connectivity index (χ1) is 9.72. The van der Waals surface area contributed by atoms with Gasteiger partial charge >= 0.3 is 6.08 Å². The van der Waals surface area contributed by atoms with Crippen molar-refractivity contribution in [3.63, 3.8) is 0 Å². The van der Waals surface area contributed by atoms with Gasteiger partial charge in [-0.25, -0.2) is 17.8 Å². The first-order valence-electron chi connectivity index (χ1n) is 5.80. The largest absolute Gasteiger partial charge is 0.393 e. The van der Waals surface area contributed by atoms with Crippen molar-refractivity contribution in [3.8, 4) is 0 Å². The highest BCUT2D eigenvalue weighted by Crippen LogP contribution is 2.21. The van der Waals surface area contributed by atoms with Crippen LogP contribution in [0.25, 0.3) is 0 Å². The molecule has 118 valence electrons. The Kier molecular flexibility index (Phi) is 6.34. The van der Waals surface area contributed by atoms with E-state index >= 15 is 0 Å². The Bertz CT molecular complexity index is 635. The minimum atomic E-state index is -3.91. The summed E-state index contributed by atoms with van der Waals surface area (Å²) < 4.78 is 59.7. The van der Waals surface area contributed by atoms with E-state index in [4.69, 9.17) is 4.84 Å². The van der Waals surface area contributed by atoms with Gasteiger partial charge in [-0.3, -0.25) is 0 Å². The van der Waals surface area contributed by atoms with Gasteiger partial charge in [0.05, 0.1) is 16.8 Å². The third kappa shape index (κ3) is 5.84. The van der Waals surface area contributed by atoms with Crippen LogP contribution in [0.5, 0.6) is 0 Å². The van der Waals surface area contributed by atoms with Crippen LogP contribution in [0.15, 0.2) is 27.6 Å². The summed E-state index contributed by atoms with van der Waals surface area (Å²) >= 11 is 0.797. The lowest BCUT2D eigenvalue weighted by Crippen LogP contribution is -2.06. The molecular weight excluding hydrogens is 329 g/mol. The second kappa shape index (κ2) is 7.55. The van der Waals surface area contributed by atoms with Gasteiger partial charge in [-0.1, -0.05) is 5.16 Å². The zero-order valence-electron chi connectivity index (χ0n) is 11.2. The van der Waals surface area contributed by atoms with Gasteiger partial charge < -0.3 is 4.84 Å². The Labute approximate surface area is 124 Å². The number of rotatable bonds is 7. The van der Waals surface area contributed by atoms with Gasteiger partial charge in [-0.15, -0.1) is 11.3 Å². The molecule has 0 radical (unpaired) electrons. The number of hydrogen-bond donors (Lipinski definition) is 0. The quantitative estimate of drug-likeness (QED) is 0.564. The number of oxime groups is 1. The summed E-state index contributed by atoms with van der Waals surface area (Å²) in [6.45, 7) is 3.54. The van der Waals surface area contributed by atoms with Crippen LogP contribution in [-0.4, -0.2) is 31.5 Å². The number of nitrogens with zero attached hydrogens (tertiary/aromatic N) is 2. The molecule has 0 saturated heterocycles. The van der Waals surface area contributed by atoms with Crippen molar-refractivity contribution in [2.24, 2.45) is 5.16 Å². The molecule has 21 heavy (non-hydrogen) atoms. The average Bonchev–Trinajstić information content (AvgIpc) is 2.85. The minimum absolute atomic E-state index is 0.122. The lowest BCUT2D eigenvalue weighted by molar-refractivity contribution is 0.0874. The topological polar surface area (TPSA) is 68.6 Å². The van der Waals surface area contributed by atoms with Gasteiger partial charge in [-0.05, 0) is 13.8 Å². The zero-order valence-corrected chi connectivity index (χ0v) is 12.8. The van der Waals surface area contributed by atoms with Crippen molar-refractivity contribution in [2.45, 2.75) is 30.7 Å². The van der Waals surface area contributed by atoms with Crippen LogP contribution in [0.4, 0.5) is 13.2 Å². The lowest BCUT2D eigenvalue weighted by Gasteiger charge is -1.99. The van der Waals surface area contributed by atoms with Crippen LogP contribution in [-0.2, 0) is 14.7 Å². The third-order valence-electron chi connectivity index (χ3n) is 2.02. The van der Waals surface area contributed by atoms with E-state index in [1.807, 2.05) is 0 Å². The second-order valence-electron chi connectivity index (χ2n) is 4.15. The van der Waals surface area contributed by atoms with Gasteiger partial charge in [0.1, 0.15) is 6.10 Å². The predicted molar refractivity (Wildman–Crippen MR) is 72.9 cm³/mol. The summed E-state index contributed by atoms with van der Waals surface area (Å²) in [4.78, 5) is 8.99. The molecule has 0 N–H and O–H groups in total. The van der Waals surface area contributed by atoms with E-state index in [1.54, 1.807) is 13.8 Å². The summed E-state index contributed by atoms with van der Waals surface area (Å²) in [7, 11) is -3.91. The number of thiazole rings is 1. The van der Waals surface area contributed by atoms with Gasteiger partial charge in [0, 0.05) is 12.6 Å². The predicted octanol–water partition coefficient (Wildman–Crippen LogP) is 3.14. The normalized spacial score (nSPS) is 12.1. The van der Waals surface area contributed by atoms with E-state index in [0.717, 1.165) is 11.3 Å². The highest BCUT2D eigenvalue weighted by molar-refractivity contribution is 7.93. The highest BCUT2D eigenvalue weighted by atomic mass is 32.2. The van der Waals surface area contributed by atoms with Crippen LogP contribution in [0.1, 0.15) is 25.1 Å². The lowest BCUT2D eigenvalue weighted by atomic mass is 10.4. The molecule has 0 bridgehead atoms. The van der Waals surface area contributed by atoms with Crippen molar-refractivity contribution < 1.29 is 26.4 Å². The number of aromatic nitrogens is 1. The smallest absolute Gasteiger partial charge is 0.301 e. The molecule has 1 rings (SSSR count). The molecule has 1 aromatic rings. The van der Waals surface area contributed by atoms with Gasteiger partial charge in [0.25, 0.3) is 0 Å². The van der Waals surface area contributed by atoms with Crippen molar-refractivity contribution in [1.82, 2.24) is 4.98 Å². The second-order valence-corrected chi connectivity index (χ2v) is 7.50. The monoisotopic (exact) mass is 342 g/mol. The molecule has 5 nitrogen and oxygen atoms in total. The third-order valence-corrected chi connectivity index (χ3v) is 5.13. The van der Waals surface area contributed by atoms with Gasteiger partial charge in [-0.2, -0.15) is 8.78 Å². The maximum Gasteiger partial charge on any atom is 0.301 e. The van der Waals surface area contributed by atoms with Crippen LogP contribution < -0.4 is 0 Å². The Hall–Kier alpha value is -1.42. The van der Waals surface area contributed by atoms with E-state index < -0.39 is 33.9 Å². The molecule has 0 saturated carbocycles. The highest BCUT2D eigenvalue weighted by Gasteiger charge is 2.20. The van der Waals surface area contributed by atoms with Crippen LogP contribution >= 0.6 is 11.3 Å². The molecule has 0 aliphatic heterocycles. The summed E-state index contributed by atoms with van der Waals surface area (Å²) in [5.74, 6) is -2.51. The standard InChI is InChI=1S/C11H13F3N2O3S2/c1-7(2)19-16-6-8-5-15-11(20-8)21(17,18)4-3-9(12)10(13)14/h5-7H,3-4H2,1-2H3. The van der Waals surface area contributed by atoms with E-state index in [9.17, 15) is 21.6 Å². The molecule has 0 aliphatic carbocycles. The van der Waals surface area contributed by atoms with Crippen LogP contribution in [0, 0.1) is 0 Å². The molecule has 0 unspecified atom stereocenters.